The maximum atomic E-state index is 5.89. The van der Waals surface area contributed by atoms with Crippen LogP contribution in [0.25, 0.3) is 0 Å². The van der Waals surface area contributed by atoms with Gasteiger partial charge in [0.1, 0.15) is 5.82 Å². The van der Waals surface area contributed by atoms with Gasteiger partial charge in [0.25, 0.3) is 0 Å². The fourth-order valence-electron chi connectivity index (χ4n) is 2.71. The van der Waals surface area contributed by atoms with Crippen LogP contribution in [0.2, 0.25) is 0 Å². The van der Waals surface area contributed by atoms with Crippen molar-refractivity contribution in [3.05, 3.63) is 53.7 Å². The second kappa shape index (κ2) is 5.22. The number of para-hydroxylation sites is 1. The predicted octanol–water partition coefficient (Wildman–Crippen LogP) is 4.29. The van der Waals surface area contributed by atoms with Crippen molar-refractivity contribution in [2.24, 2.45) is 0 Å². The number of benzene rings is 1. The van der Waals surface area contributed by atoms with Crippen molar-refractivity contribution in [3.8, 4) is 0 Å². The van der Waals surface area contributed by atoms with E-state index in [0.29, 0.717) is 11.9 Å². The number of fused-ring (bicyclic) bond motifs is 1. The summed E-state index contributed by atoms with van der Waals surface area (Å²) in [5, 5.41) is 0. The first-order chi connectivity index (χ1) is 9.29. The van der Waals surface area contributed by atoms with E-state index >= 15 is 0 Å². The molecule has 2 heterocycles. The van der Waals surface area contributed by atoms with Crippen molar-refractivity contribution in [1.29, 1.82) is 0 Å². The summed E-state index contributed by atoms with van der Waals surface area (Å²) in [5.74, 6) is 1.45. The lowest BCUT2D eigenvalue weighted by Crippen LogP contribution is -2.33. The quantitative estimate of drug-likeness (QED) is 0.758. The van der Waals surface area contributed by atoms with E-state index in [2.05, 4.69) is 47.1 Å². The number of rotatable bonds is 2. The lowest BCUT2D eigenvalue weighted by molar-refractivity contribution is 0.613. The number of anilines is 2. The minimum Gasteiger partial charge on any atom is -0.323 e. The van der Waals surface area contributed by atoms with Crippen LogP contribution in [0.5, 0.6) is 0 Å². The molecule has 98 valence electrons. The zero-order valence-electron chi connectivity index (χ0n) is 11.0. The average molecular weight is 273 g/mol. The van der Waals surface area contributed by atoms with Crippen molar-refractivity contribution < 1.29 is 0 Å². The fraction of sp³-hybridized carbons (Fsp3) is 0.312. The van der Waals surface area contributed by atoms with Crippen LogP contribution >= 0.6 is 11.6 Å². The molecule has 1 aromatic heterocycles. The first-order valence-corrected chi connectivity index (χ1v) is 7.22. The van der Waals surface area contributed by atoms with E-state index in [0.717, 1.165) is 24.4 Å². The highest BCUT2D eigenvalue weighted by Gasteiger charge is 2.24. The number of aryl methyl sites for hydroxylation is 1. The van der Waals surface area contributed by atoms with Crippen molar-refractivity contribution in [1.82, 2.24) is 4.98 Å². The Hall–Kier alpha value is -1.54. The molecule has 0 N–H and O–H groups in total. The van der Waals surface area contributed by atoms with Gasteiger partial charge in [-0.15, -0.1) is 11.6 Å². The third-order valence-corrected chi connectivity index (χ3v) is 3.97. The Morgan fingerprint density at radius 1 is 1.21 bits per heavy atom. The summed E-state index contributed by atoms with van der Waals surface area (Å²) in [5.41, 5.74) is 3.61. The number of hydrogen-bond acceptors (Lipinski definition) is 2. The number of halogens is 1. The molecule has 3 heteroatoms. The van der Waals surface area contributed by atoms with Gasteiger partial charge in [0, 0.05) is 11.7 Å². The van der Waals surface area contributed by atoms with E-state index in [9.17, 15) is 0 Å². The number of nitrogens with zero attached hydrogens (tertiary/aromatic N) is 2. The molecule has 1 aliphatic rings. The van der Waals surface area contributed by atoms with Crippen LogP contribution in [0.1, 0.15) is 24.6 Å². The molecule has 2 nitrogen and oxygen atoms in total. The molecule has 0 fully saturated rings. The standard InChI is InChI=1S/C16H17ClN2/c1-12-9-10-13-5-2-3-7-15(13)19(12)16-8-4-6-14(11-17)18-16/h2-8,12H,9-11H2,1H3. The minimum atomic E-state index is 0.456. The van der Waals surface area contributed by atoms with Crippen LogP contribution in [0.15, 0.2) is 42.5 Å². The summed E-state index contributed by atoms with van der Waals surface area (Å²) < 4.78 is 0. The second-order valence-electron chi connectivity index (χ2n) is 5.01. The Kier molecular flexibility index (Phi) is 3.43. The number of aromatic nitrogens is 1. The highest BCUT2D eigenvalue weighted by molar-refractivity contribution is 6.16. The lowest BCUT2D eigenvalue weighted by atomic mass is 9.96. The molecular formula is C16H17ClN2. The molecule has 1 unspecified atom stereocenters. The van der Waals surface area contributed by atoms with Crippen molar-refractivity contribution in [2.75, 3.05) is 4.90 Å². The van der Waals surface area contributed by atoms with Gasteiger partial charge in [-0.3, -0.25) is 0 Å². The smallest absolute Gasteiger partial charge is 0.133 e. The molecule has 0 bridgehead atoms. The largest absolute Gasteiger partial charge is 0.323 e. The van der Waals surface area contributed by atoms with E-state index in [4.69, 9.17) is 11.6 Å². The molecule has 19 heavy (non-hydrogen) atoms. The predicted molar refractivity (Wildman–Crippen MR) is 80.2 cm³/mol. The van der Waals surface area contributed by atoms with Crippen LogP contribution in [0, 0.1) is 0 Å². The van der Waals surface area contributed by atoms with E-state index in [1.807, 2.05) is 12.1 Å². The molecule has 0 aliphatic carbocycles. The fourth-order valence-corrected chi connectivity index (χ4v) is 2.86. The SMILES string of the molecule is CC1CCc2ccccc2N1c1cccc(CCl)n1. The molecule has 0 spiro atoms. The Labute approximate surface area is 119 Å². The zero-order valence-corrected chi connectivity index (χ0v) is 11.8. The molecule has 1 aromatic carbocycles. The Balaban J connectivity index is 2.07. The zero-order chi connectivity index (χ0) is 13.2. The van der Waals surface area contributed by atoms with Gasteiger partial charge in [0.05, 0.1) is 11.6 Å². The molecule has 1 aliphatic heterocycles. The third kappa shape index (κ3) is 2.33. The van der Waals surface area contributed by atoms with Crippen LogP contribution in [-0.2, 0) is 12.3 Å². The van der Waals surface area contributed by atoms with Gasteiger partial charge in [-0.25, -0.2) is 4.98 Å². The molecule has 1 atom stereocenters. The van der Waals surface area contributed by atoms with Gasteiger partial charge < -0.3 is 4.90 Å². The van der Waals surface area contributed by atoms with Gasteiger partial charge in [-0.2, -0.15) is 0 Å². The molecule has 0 amide bonds. The lowest BCUT2D eigenvalue weighted by Gasteiger charge is -2.36. The molecule has 3 rings (SSSR count). The van der Waals surface area contributed by atoms with Crippen molar-refractivity contribution >= 4 is 23.1 Å². The Bertz CT molecular complexity index is 582. The van der Waals surface area contributed by atoms with Gasteiger partial charge in [-0.1, -0.05) is 24.3 Å². The summed E-state index contributed by atoms with van der Waals surface area (Å²) in [6.45, 7) is 2.25. The van der Waals surface area contributed by atoms with Crippen molar-refractivity contribution in [2.45, 2.75) is 31.7 Å². The van der Waals surface area contributed by atoms with Crippen LogP contribution in [0.4, 0.5) is 11.5 Å². The number of alkyl halides is 1. The first kappa shape index (κ1) is 12.5. The van der Waals surface area contributed by atoms with E-state index in [1.54, 1.807) is 0 Å². The number of pyridine rings is 1. The molecule has 2 aromatic rings. The van der Waals surface area contributed by atoms with Crippen LogP contribution in [-0.4, -0.2) is 11.0 Å². The van der Waals surface area contributed by atoms with Crippen LogP contribution in [0.3, 0.4) is 0 Å². The summed E-state index contributed by atoms with van der Waals surface area (Å²) in [6.07, 6.45) is 2.30. The van der Waals surface area contributed by atoms with Gasteiger partial charge in [-0.05, 0) is 43.5 Å². The van der Waals surface area contributed by atoms with Crippen LogP contribution < -0.4 is 4.90 Å². The normalized spacial score (nSPS) is 18.2. The summed E-state index contributed by atoms with van der Waals surface area (Å²) in [7, 11) is 0. The Morgan fingerprint density at radius 2 is 2.05 bits per heavy atom. The molecular weight excluding hydrogens is 256 g/mol. The second-order valence-corrected chi connectivity index (χ2v) is 5.27. The number of hydrogen-bond donors (Lipinski definition) is 0. The highest BCUT2D eigenvalue weighted by atomic mass is 35.5. The van der Waals surface area contributed by atoms with Gasteiger partial charge in [0.15, 0.2) is 0 Å². The molecule has 0 saturated heterocycles. The van der Waals surface area contributed by atoms with E-state index < -0.39 is 0 Å². The summed E-state index contributed by atoms with van der Waals surface area (Å²) in [6, 6.07) is 15.1. The third-order valence-electron chi connectivity index (χ3n) is 3.70. The van der Waals surface area contributed by atoms with Crippen molar-refractivity contribution in [3.63, 3.8) is 0 Å². The van der Waals surface area contributed by atoms with E-state index in [-0.39, 0.29) is 0 Å². The average Bonchev–Trinajstić information content (AvgIpc) is 2.47. The first-order valence-electron chi connectivity index (χ1n) is 6.68. The minimum absolute atomic E-state index is 0.456. The highest BCUT2D eigenvalue weighted by Crippen LogP contribution is 2.35. The maximum Gasteiger partial charge on any atom is 0.133 e. The topological polar surface area (TPSA) is 16.1 Å². The monoisotopic (exact) mass is 272 g/mol. The Morgan fingerprint density at radius 3 is 2.89 bits per heavy atom. The molecule has 0 radical (unpaired) electrons. The molecule has 0 saturated carbocycles. The summed E-state index contributed by atoms with van der Waals surface area (Å²) >= 11 is 5.89. The maximum absolute atomic E-state index is 5.89. The van der Waals surface area contributed by atoms with Gasteiger partial charge in [0.2, 0.25) is 0 Å². The van der Waals surface area contributed by atoms with E-state index in [1.165, 1.54) is 11.3 Å². The van der Waals surface area contributed by atoms with Gasteiger partial charge >= 0.3 is 0 Å². The summed E-state index contributed by atoms with van der Waals surface area (Å²) in [4.78, 5) is 6.99.